The minimum absolute atomic E-state index is 0.241. The smallest absolute Gasteiger partial charge is 0.127 e. The molecule has 2 aromatic carbocycles. The second-order valence-corrected chi connectivity index (χ2v) is 4.45. The highest BCUT2D eigenvalue weighted by atomic mass is 16.5. The molecule has 1 aliphatic heterocycles. The number of nitrogens with one attached hydrogen (secondary N) is 2. The van der Waals surface area contributed by atoms with Gasteiger partial charge >= 0.3 is 0 Å². The van der Waals surface area contributed by atoms with Gasteiger partial charge in [0.25, 0.3) is 0 Å². The van der Waals surface area contributed by atoms with Gasteiger partial charge < -0.3 is 15.4 Å². The van der Waals surface area contributed by atoms with Crippen molar-refractivity contribution in [2.45, 2.75) is 6.04 Å². The lowest BCUT2D eigenvalue weighted by molar-refractivity contribution is 0.482. The first-order valence-electron chi connectivity index (χ1n) is 6.33. The van der Waals surface area contributed by atoms with Crippen molar-refractivity contribution < 1.29 is 4.74 Å². The van der Waals surface area contributed by atoms with Crippen LogP contribution >= 0.6 is 0 Å². The monoisotopic (exact) mass is 252 g/mol. The minimum atomic E-state index is 0.241. The third-order valence-electron chi connectivity index (χ3n) is 3.10. The Kier molecular flexibility index (Phi) is 3.21. The second-order valence-electron chi connectivity index (χ2n) is 4.45. The molecule has 3 heteroatoms. The zero-order chi connectivity index (χ0) is 13.1. The number of rotatable bonds is 5. The molecule has 0 bridgehead atoms. The lowest BCUT2D eigenvalue weighted by atomic mass is 10.1. The summed E-state index contributed by atoms with van der Waals surface area (Å²) in [6, 6.07) is 18.2. The van der Waals surface area contributed by atoms with Gasteiger partial charge in [0.05, 0.1) is 11.7 Å². The van der Waals surface area contributed by atoms with Gasteiger partial charge in [-0.2, -0.15) is 0 Å². The number of ether oxygens (including phenoxy) is 1. The molecule has 19 heavy (non-hydrogen) atoms. The van der Waals surface area contributed by atoms with Crippen molar-refractivity contribution in [3.63, 3.8) is 0 Å². The van der Waals surface area contributed by atoms with E-state index < -0.39 is 0 Å². The normalized spacial score (nSPS) is 14.3. The lowest BCUT2D eigenvalue weighted by Gasteiger charge is -2.13. The molecule has 2 aromatic rings. The fourth-order valence-corrected chi connectivity index (χ4v) is 2.06. The molecule has 1 unspecified atom stereocenters. The summed E-state index contributed by atoms with van der Waals surface area (Å²) in [5.74, 6) is 1.70. The number of likely N-dealkylation sites (N-methyl/N-ethyl adjacent to an activating group) is 1. The van der Waals surface area contributed by atoms with Crippen LogP contribution in [0.2, 0.25) is 0 Å². The zero-order valence-electron chi connectivity index (χ0n) is 10.8. The first-order chi connectivity index (χ1) is 9.36. The van der Waals surface area contributed by atoms with Crippen LogP contribution in [0, 0.1) is 0 Å². The summed E-state index contributed by atoms with van der Waals surface area (Å²) < 4.78 is 5.77. The summed E-state index contributed by atoms with van der Waals surface area (Å²) in [6.45, 7) is 0. The largest absolute Gasteiger partial charge is 0.457 e. The Labute approximate surface area is 112 Å². The predicted molar refractivity (Wildman–Crippen MR) is 76.0 cm³/mol. The van der Waals surface area contributed by atoms with Crippen molar-refractivity contribution in [1.29, 1.82) is 0 Å². The van der Waals surface area contributed by atoms with E-state index in [4.69, 9.17) is 4.74 Å². The Morgan fingerprint density at radius 1 is 0.947 bits per heavy atom. The standard InChI is InChI=1S/C16H16N2O/c1-17-16(15-11-18-15)12-7-9-14(10-8-12)19-13-5-3-2-4-6-13/h2-11,16-18H,1H3. The van der Waals surface area contributed by atoms with E-state index in [9.17, 15) is 0 Å². The van der Waals surface area contributed by atoms with Gasteiger partial charge in [0.2, 0.25) is 0 Å². The molecule has 0 aromatic heterocycles. The third kappa shape index (κ3) is 2.77. The first-order valence-corrected chi connectivity index (χ1v) is 6.33. The van der Waals surface area contributed by atoms with Gasteiger partial charge in [0.1, 0.15) is 11.5 Å². The molecule has 0 saturated heterocycles. The maximum atomic E-state index is 5.77. The Hall–Kier alpha value is -2.26. The van der Waals surface area contributed by atoms with Crippen molar-refractivity contribution >= 4 is 0 Å². The van der Waals surface area contributed by atoms with Gasteiger partial charge in [-0.25, -0.2) is 0 Å². The summed E-state index contributed by atoms with van der Waals surface area (Å²) in [5.41, 5.74) is 2.44. The summed E-state index contributed by atoms with van der Waals surface area (Å²) >= 11 is 0. The zero-order valence-corrected chi connectivity index (χ0v) is 10.8. The Morgan fingerprint density at radius 2 is 1.58 bits per heavy atom. The average Bonchev–Trinajstić information content (AvgIpc) is 3.27. The molecule has 1 aliphatic rings. The number of para-hydroxylation sites is 1. The van der Waals surface area contributed by atoms with Crippen molar-refractivity contribution in [2.24, 2.45) is 0 Å². The maximum absolute atomic E-state index is 5.77. The highest BCUT2D eigenvalue weighted by Crippen LogP contribution is 2.27. The lowest BCUT2D eigenvalue weighted by Crippen LogP contribution is -2.17. The molecule has 2 N–H and O–H groups in total. The number of benzene rings is 2. The van der Waals surface area contributed by atoms with Crippen molar-refractivity contribution in [1.82, 2.24) is 10.6 Å². The summed E-state index contributed by atoms with van der Waals surface area (Å²) in [6.07, 6.45) is 2.01. The van der Waals surface area contributed by atoms with E-state index in [0.717, 1.165) is 11.5 Å². The number of hydrogen-bond donors (Lipinski definition) is 2. The van der Waals surface area contributed by atoms with Crippen LogP contribution in [0.1, 0.15) is 11.6 Å². The van der Waals surface area contributed by atoms with E-state index in [2.05, 4.69) is 22.8 Å². The molecule has 3 nitrogen and oxygen atoms in total. The minimum Gasteiger partial charge on any atom is -0.457 e. The summed E-state index contributed by atoms with van der Waals surface area (Å²) in [5, 5.41) is 6.41. The molecule has 0 aliphatic carbocycles. The van der Waals surface area contributed by atoms with E-state index in [1.54, 1.807) is 0 Å². The Morgan fingerprint density at radius 3 is 2.16 bits per heavy atom. The molecule has 0 spiro atoms. The van der Waals surface area contributed by atoms with Crippen LogP contribution in [0.5, 0.6) is 11.5 Å². The predicted octanol–water partition coefficient (Wildman–Crippen LogP) is 3.18. The van der Waals surface area contributed by atoms with Crippen LogP contribution in [-0.2, 0) is 0 Å². The van der Waals surface area contributed by atoms with E-state index in [-0.39, 0.29) is 6.04 Å². The van der Waals surface area contributed by atoms with E-state index >= 15 is 0 Å². The van der Waals surface area contributed by atoms with Crippen LogP contribution in [0.4, 0.5) is 0 Å². The maximum Gasteiger partial charge on any atom is 0.127 e. The van der Waals surface area contributed by atoms with Crippen LogP contribution < -0.4 is 15.4 Å². The van der Waals surface area contributed by atoms with Gasteiger partial charge in [0, 0.05) is 6.20 Å². The van der Waals surface area contributed by atoms with Crippen LogP contribution in [0.15, 0.2) is 66.5 Å². The first kappa shape index (κ1) is 11.8. The second kappa shape index (κ2) is 5.16. The molecular formula is C16H16N2O. The van der Waals surface area contributed by atoms with Gasteiger partial charge in [-0.3, -0.25) is 0 Å². The highest BCUT2D eigenvalue weighted by molar-refractivity contribution is 5.38. The van der Waals surface area contributed by atoms with E-state index in [0.29, 0.717) is 0 Å². The molecule has 0 fully saturated rings. The van der Waals surface area contributed by atoms with Gasteiger partial charge in [0.15, 0.2) is 0 Å². The summed E-state index contributed by atoms with van der Waals surface area (Å²) in [4.78, 5) is 0. The Balaban J connectivity index is 1.73. The third-order valence-corrected chi connectivity index (χ3v) is 3.10. The Bertz CT molecular complexity index is 575. The fraction of sp³-hybridized carbons (Fsp3) is 0.125. The molecule has 96 valence electrons. The van der Waals surface area contributed by atoms with E-state index in [1.165, 1.54) is 11.3 Å². The highest BCUT2D eigenvalue weighted by Gasteiger charge is 2.20. The molecular weight excluding hydrogens is 236 g/mol. The topological polar surface area (TPSA) is 43.2 Å². The van der Waals surface area contributed by atoms with Crippen LogP contribution in [0.25, 0.3) is 0 Å². The van der Waals surface area contributed by atoms with Gasteiger partial charge in [-0.1, -0.05) is 30.3 Å². The fourth-order valence-electron chi connectivity index (χ4n) is 2.06. The van der Waals surface area contributed by atoms with Gasteiger partial charge in [-0.15, -0.1) is 0 Å². The molecule has 0 amide bonds. The van der Waals surface area contributed by atoms with Crippen molar-refractivity contribution in [3.8, 4) is 11.5 Å². The van der Waals surface area contributed by atoms with Crippen molar-refractivity contribution in [3.05, 3.63) is 72.1 Å². The van der Waals surface area contributed by atoms with Gasteiger partial charge in [-0.05, 0) is 36.9 Å². The van der Waals surface area contributed by atoms with E-state index in [1.807, 2.05) is 55.7 Å². The van der Waals surface area contributed by atoms with Crippen LogP contribution in [0.3, 0.4) is 0 Å². The molecule has 1 heterocycles. The molecule has 1 atom stereocenters. The molecule has 3 rings (SSSR count). The molecule has 0 radical (unpaired) electrons. The summed E-state index contributed by atoms with van der Waals surface area (Å²) in [7, 11) is 1.96. The van der Waals surface area contributed by atoms with Crippen molar-refractivity contribution in [2.75, 3.05) is 7.05 Å². The average molecular weight is 252 g/mol. The molecule has 0 saturated carbocycles. The SMILES string of the molecule is CNC(C1=CN1)c1ccc(Oc2ccccc2)cc1. The van der Waals surface area contributed by atoms with Crippen LogP contribution in [-0.4, -0.2) is 7.05 Å². The number of hydrogen-bond acceptors (Lipinski definition) is 3. The quantitative estimate of drug-likeness (QED) is 0.859.